The predicted molar refractivity (Wildman–Crippen MR) is 98.2 cm³/mol. The van der Waals surface area contributed by atoms with Crippen molar-refractivity contribution in [1.29, 1.82) is 0 Å². The normalized spacial score (nSPS) is 16.6. The van der Waals surface area contributed by atoms with Crippen LogP contribution in [0.3, 0.4) is 0 Å². The fourth-order valence-electron chi connectivity index (χ4n) is 3.06. The average molecular weight is 360 g/mol. The number of amides is 1. The Bertz CT molecular complexity index is 711. The number of ether oxygens (including phenoxy) is 2. The third-order valence-corrected chi connectivity index (χ3v) is 4.61. The van der Waals surface area contributed by atoms with Crippen LogP contribution in [-0.2, 0) is 11.3 Å². The second-order valence-corrected chi connectivity index (χ2v) is 6.58. The molecule has 1 atom stereocenters. The van der Waals surface area contributed by atoms with E-state index >= 15 is 0 Å². The molecule has 0 aliphatic carbocycles. The van der Waals surface area contributed by atoms with Crippen LogP contribution in [0.15, 0.2) is 48.5 Å². The zero-order chi connectivity index (χ0) is 17.6. The van der Waals surface area contributed by atoms with Gasteiger partial charge in [0.25, 0.3) is 5.91 Å². The van der Waals surface area contributed by atoms with Gasteiger partial charge in [0.2, 0.25) is 0 Å². The minimum absolute atomic E-state index is 0.0529. The molecule has 0 radical (unpaired) electrons. The number of hydrogen-bond acceptors (Lipinski definition) is 3. The molecule has 1 unspecified atom stereocenters. The van der Waals surface area contributed by atoms with Crippen LogP contribution in [0, 0.1) is 0 Å². The highest BCUT2D eigenvalue weighted by Gasteiger charge is 2.25. The average Bonchev–Trinajstić information content (AvgIpc) is 3.15. The molecule has 1 aliphatic heterocycles. The van der Waals surface area contributed by atoms with Crippen molar-refractivity contribution in [3.8, 4) is 5.75 Å². The first-order valence-corrected chi connectivity index (χ1v) is 8.83. The van der Waals surface area contributed by atoms with Crippen LogP contribution in [0.4, 0.5) is 0 Å². The lowest BCUT2D eigenvalue weighted by atomic mass is 10.1. The van der Waals surface area contributed by atoms with E-state index in [-0.39, 0.29) is 12.0 Å². The molecule has 0 bridgehead atoms. The Morgan fingerprint density at radius 2 is 2.00 bits per heavy atom. The van der Waals surface area contributed by atoms with E-state index in [0.29, 0.717) is 29.4 Å². The molecule has 132 valence electrons. The fourth-order valence-corrected chi connectivity index (χ4v) is 3.18. The highest BCUT2D eigenvalue weighted by molar-refractivity contribution is 6.30. The van der Waals surface area contributed by atoms with E-state index in [1.54, 1.807) is 19.2 Å². The van der Waals surface area contributed by atoms with E-state index in [4.69, 9.17) is 21.1 Å². The first-order valence-electron chi connectivity index (χ1n) is 8.45. The van der Waals surface area contributed by atoms with Gasteiger partial charge in [-0.2, -0.15) is 0 Å². The maximum Gasteiger partial charge on any atom is 0.258 e. The van der Waals surface area contributed by atoms with Crippen molar-refractivity contribution >= 4 is 17.5 Å². The monoisotopic (exact) mass is 359 g/mol. The quantitative estimate of drug-likeness (QED) is 0.777. The number of methoxy groups -OCH3 is 1. The second-order valence-electron chi connectivity index (χ2n) is 6.15. The Kier molecular flexibility index (Phi) is 5.95. The standard InChI is InChI=1S/C20H22ClNO3/c1-24-19-7-3-2-6-18(19)20(23)22(14-17-5-4-12-25-17)13-15-8-10-16(21)11-9-15/h2-3,6-11,17H,4-5,12-14H2,1H3. The number of carbonyl (C=O) groups is 1. The van der Waals surface area contributed by atoms with Crippen molar-refractivity contribution < 1.29 is 14.3 Å². The molecule has 3 rings (SSSR count). The lowest BCUT2D eigenvalue weighted by molar-refractivity contribution is 0.0505. The molecule has 0 saturated carbocycles. The van der Waals surface area contributed by atoms with Crippen LogP contribution < -0.4 is 4.74 Å². The molecule has 4 nitrogen and oxygen atoms in total. The highest BCUT2D eigenvalue weighted by atomic mass is 35.5. The highest BCUT2D eigenvalue weighted by Crippen LogP contribution is 2.23. The van der Waals surface area contributed by atoms with Crippen molar-refractivity contribution in [2.24, 2.45) is 0 Å². The van der Waals surface area contributed by atoms with Gasteiger partial charge in [-0.3, -0.25) is 4.79 Å². The predicted octanol–water partition coefficient (Wildman–Crippen LogP) is 4.17. The zero-order valence-corrected chi connectivity index (χ0v) is 15.0. The number of para-hydroxylation sites is 1. The third-order valence-electron chi connectivity index (χ3n) is 4.36. The minimum Gasteiger partial charge on any atom is -0.496 e. The smallest absolute Gasteiger partial charge is 0.258 e. The molecule has 1 aliphatic rings. The van der Waals surface area contributed by atoms with E-state index in [1.165, 1.54) is 0 Å². The van der Waals surface area contributed by atoms with Crippen LogP contribution in [-0.4, -0.2) is 37.2 Å². The molecule has 1 amide bonds. The molecule has 25 heavy (non-hydrogen) atoms. The first kappa shape index (κ1) is 17.8. The number of benzene rings is 2. The van der Waals surface area contributed by atoms with Gasteiger partial charge in [0.15, 0.2) is 0 Å². The van der Waals surface area contributed by atoms with Gasteiger partial charge in [0.1, 0.15) is 5.75 Å². The zero-order valence-electron chi connectivity index (χ0n) is 14.3. The Balaban J connectivity index is 1.83. The van der Waals surface area contributed by atoms with Crippen LogP contribution >= 0.6 is 11.6 Å². The number of rotatable bonds is 6. The van der Waals surface area contributed by atoms with Crippen molar-refractivity contribution in [2.75, 3.05) is 20.3 Å². The summed E-state index contributed by atoms with van der Waals surface area (Å²) in [4.78, 5) is 15.0. The summed E-state index contributed by atoms with van der Waals surface area (Å²) in [5, 5.41) is 0.686. The summed E-state index contributed by atoms with van der Waals surface area (Å²) in [6, 6.07) is 14.9. The summed E-state index contributed by atoms with van der Waals surface area (Å²) in [6.07, 6.45) is 2.12. The van der Waals surface area contributed by atoms with Crippen LogP contribution in [0.25, 0.3) is 0 Å². The molecule has 2 aromatic rings. The van der Waals surface area contributed by atoms with Gasteiger partial charge < -0.3 is 14.4 Å². The van der Waals surface area contributed by atoms with Crippen LogP contribution in [0.1, 0.15) is 28.8 Å². The molecule has 0 aromatic heterocycles. The number of nitrogens with zero attached hydrogens (tertiary/aromatic N) is 1. The molecule has 2 aromatic carbocycles. The van der Waals surface area contributed by atoms with Gasteiger partial charge in [0.05, 0.1) is 18.8 Å². The Hall–Kier alpha value is -2.04. The third kappa shape index (κ3) is 4.53. The van der Waals surface area contributed by atoms with Gasteiger partial charge in [0, 0.05) is 24.7 Å². The summed E-state index contributed by atoms with van der Waals surface area (Å²) in [7, 11) is 1.58. The topological polar surface area (TPSA) is 38.8 Å². The van der Waals surface area contributed by atoms with Gasteiger partial charge in [-0.25, -0.2) is 0 Å². The van der Waals surface area contributed by atoms with Crippen molar-refractivity contribution in [1.82, 2.24) is 4.90 Å². The lowest BCUT2D eigenvalue weighted by Gasteiger charge is -2.26. The number of hydrogen-bond donors (Lipinski definition) is 0. The van der Waals surface area contributed by atoms with E-state index in [0.717, 1.165) is 25.0 Å². The molecule has 1 heterocycles. The van der Waals surface area contributed by atoms with Crippen LogP contribution in [0.2, 0.25) is 5.02 Å². The summed E-state index contributed by atoms with van der Waals surface area (Å²) >= 11 is 5.97. The van der Waals surface area contributed by atoms with E-state index in [1.807, 2.05) is 41.3 Å². The maximum absolute atomic E-state index is 13.1. The molecule has 0 spiro atoms. The van der Waals surface area contributed by atoms with Crippen molar-refractivity contribution in [2.45, 2.75) is 25.5 Å². The van der Waals surface area contributed by atoms with Crippen LogP contribution in [0.5, 0.6) is 5.75 Å². The summed E-state index contributed by atoms with van der Waals surface area (Å²) < 4.78 is 11.1. The van der Waals surface area contributed by atoms with Gasteiger partial charge >= 0.3 is 0 Å². The lowest BCUT2D eigenvalue weighted by Crippen LogP contribution is -2.37. The molecule has 5 heteroatoms. The Morgan fingerprint density at radius 1 is 1.24 bits per heavy atom. The molecular weight excluding hydrogens is 338 g/mol. The summed E-state index contributed by atoms with van der Waals surface area (Å²) in [6.45, 7) is 1.84. The van der Waals surface area contributed by atoms with E-state index < -0.39 is 0 Å². The Labute approximate surface area is 153 Å². The van der Waals surface area contributed by atoms with E-state index in [9.17, 15) is 4.79 Å². The molecular formula is C20H22ClNO3. The molecule has 0 N–H and O–H groups in total. The largest absolute Gasteiger partial charge is 0.496 e. The minimum atomic E-state index is -0.0529. The summed E-state index contributed by atoms with van der Waals surface area (Å²) in [5.74, 6) is 0.531. The van der Waals surface area contributed by atoms with Gasteiger partial charge in [-0.1, -0.05) is 35.9 Å². The fraction of sp³-hybridized carbons (Fsp3) is 0.350. The summed E-state index contributed by atoms with van der Waals surface area (Å²) in [5.41, 5.74) is 1.60. The SMILES string of the molecule is COc1ccccc1C(=O)N(Cc1ccc(Cl)cc1)CC1CCCO1. The van der Waals surface area contributed by atoms with Gasteiger partial charge in [-0.05, 0) is 42.7 Å². The van der Waals surface area contributed by atoms with E-state index in [2.05, 4.69) is 0 Å². The van der Waals surface area contributed by atoms with Crippen molar-refractivity contribution in [3.05, 3.63) is 64.7 Å². The number of halogens is 1. The first-order chi connectivity index (χ1) is 12.2. The van der Waals surface area contributed by atoms with Gasteiger partial charge in [-0.15, -0.1) is 0 Å². The second kappa shape index (κ2) is 8.37. The molecule has 1 saturated heterocycles. The van der Waals surface area contributed by atoms with Crippen molar-refractivity contribution in [3.63, 3.8) is 0 Å². The maximum atomic E-state index is 13.1. The molecule has 1 fully saturated rings. The number of carbonyl (C=O) groups excluding carboxylic acids is 1. The Morgan fingerprint density at radius 3 is 2.68 bits per heavy atom.